The van der Waals surface area contributed by atoms with E-state index in [1.807, 2.05) is 6.92 Å². The molecule has 0 heterocycles. The average molecular weight is 484 g/mol. The van der Waals surface area contributed by atoms with E-state index in [9.17, 15) is 19.7 Å². The van der Waals surface area contributed by atoms with Gasteiger partial charge in [-0.05, 0) is 37.1 Å². The third-order valence-electron chi connectivity index (χ3n) is 4.50. The molecule has 0 unspecified atom stereocenters. The molecular formula is C21H23Cl2N3O4S. The average Bonchev–Trinajstić information content (AvgIpc) is 2.74. The van der Waals surface area contributed by atoms with Crippen LogP contribution in [0.1, 0.15) is 25.0 Å². The van der Waals surface area contributed by atoms with Crippen LogP contribution in [0.4, 0.5) is 5.69 Å². The lowest BCUT2D eigenvalue weighted by molar-refractivity contribution is -0.384. The van der Waals surface area contributed by atoms with Gasteiger partial charge in [-0.1, -0.05) is 41.4 Å². The maximum absolute atomic E-state index is 13.0. The first kappa shape index (κ1) is 25.0. The van der Waals surface area contributed by atoms with Gasteiger partial charge in [-0.25, -0.2) is 0 Å². The van der Waals surface area contributed by atoms with E-state index in [0.717, 1.165) is 11.1 Å². The molecule has 1 N–H and O–H groups in total. The Balaban J connectivity index is 2.06. The number of nitrogens with zero attached hydrogens (tertiary/aromatic N) is 2. The maximum atomic E-state index is 13.0. The number of nitrogens with one attached hydrogen (secondary N) is 1. The molecule has 0 bridgehead atoms. The van der Waals surface area contributed by atoms with Gasteiger partial charge in [0.25, 0.3) is 5.69 Å². The molecular weight excluding hydrogens is 461 g/mol. The van der Waals surface area contributed by atoms with E-state index in [2.05, 4.69) is 5.32 Å². The van der Waals surface area contributed by atoms with Crippen molar-refractivity contribution in [1.82, 2.24) is 10.2 Å². The molecule has 0 spiro atoms. The normalized spacial score (nSPS) is 11.6. The van der Waals surface area contributed by atoms with Crippen molar-refractivity contribution in [1.29, 1.82) is 0 Å². The van der Waals surface area contributed by atoms with E-state index in [-0.39, 0.29) is 29.8 Å². The van der Waals surface area contributed by atoms with Crippen molar-refractivity contribution in [2.75, 3.05) is 12.3 Å². The summed E-state index contributed by atoms with van der Waals surface area (Å²) in [7, 11) is 0. The van der Waals surface area contributed by atoms with Gasteiger partial charge in [0.15, 0.2) is 0 Å². The van der Waals surface area contributed by atoms with Crippen LogP contribution in [-0.4, -0.2) is 40.0 Å². The fourth-order valence-electron chi connectivity index (χ4n) is 2.79. The van der Waals surface area contributed by atoms with Gasteiger partial charge >= 0.3 is 0 Å². The van der Waals surface area contributed by atoms with Gasteiger partial charge in [-0.15, -0.1) is 11.8 Å². The quantitative estimate of drug-likeness (QED) is 0.390. The number of thioether (sulfide) groups is 1. The lowest BCUT2D eigenvalue weighted by atomic mass is 10.1. The molecule has 0 aliphatic heterocycles. The Kier molecular flexibility index (Phi) is 9.61. The number of carbonyl (C=O) groups excluding carboxylic acids is 2. The van der Waals surface area contributed by atoms with Crippen LogP contribution >= 0.6 is 35.0 Å². The Morgan fingerprint density at radius 2 is 1.77 bits per heavy atom. The molecule has 0 saturated carbocycles. The summed E-state index contributed by atoms with van der Waals surface area (Å²) >= 11 is 13.4. The minimum Gasteiger partial charge on any atom is -0.355 e. The smallest absolute Gasteiger partial charge is 0.269 e. The molecule has 10 heteroatoms. The fraction of sp³-hybridized carbons (Fsp3) is 0.333. The van der Waals surface area contributed by atoms with Crippen LogP contribution < -0.4 is 5.32 Å². The van der Waals surface area contributed by atoms with Gasteiger partial charge in [-0.2, -0.15) is 0 Å². The Bertz CT molecular complexity index is 941. The molecule has 0 radical (unpaired) electrons. The molecule has 2 aromatic rings. The van der Waals surface area contributed by atoms with Crippen molar-refractivity contribution < 1.29 is 14.5 Å². The molecule has 2 amide bonds. The summed E-state index contributed by atoms with van der Waals surface area (Å²) in [5.74, 6) is 0.232. The van der Waals surface area contributed by atoms with Crippen molar-refractivity contribution in [3.05, 3.63) is 73.8 Å². The highest BCUT2D eigenvalue weighted by molar-refractivity contribution is 7.99. The summed E-state index contributed by atoms with van der Waals surface area (Å²) in [4.78, 5) is 37.1. The largest absolute Gasteiger partial charge is 0.355 e. The Morgan fingerprint density at radius 3 is 2.35 bits per heavy atom. The highest BCUT2D eigenvalue weighted by Gasteiger charge is 2.25. The molecule has 0 aromatic heterocycles. The van der Waals surface area contributed by atoms with Gasteiger partial charge in [-0.3, -0.25) is 19.7 Å². The van der Waals surface area contributed by atoms with Crippen LogP contribution in [0.2, 0.25) is 10.0 Å². The number of amides is 2. The molecule has 7 nitrogen and oxygen atoms in total. The number of non-ortho nitro benzene ring substituents is 1. The maximum Gasteiger partial charge on any atom is 0.269 e. The number of nitro benzene ring substituents is 1. The molecule has 31 heavy (non-hydrogen) atoms. The number of hydrogen-bond acceptors (Lipinski definition) is 5. The number of rotatable bonds is 10. The molecule has 2 aromatic carbocycles. The summed E-state index contributed by atoms with van der Waals surface area (Å²) in [6.45, 7) is 4.18. The SMILES string of the molecule is CCNC(=O)[C@@H](C)N(Cc1ccc(Cl)c(Cl)c1)C(=O)CSCc1ccc([N+](=O)[O-])cc1. The fourth-order valence-corrected chi connectivity index (χ4v) is 3.98. The number of benzene rings is 2. The molecule has 0 saturated heterocycles. The van der Waals surface area contributed by atoms with Crippen LogP contribution in [0, 0.1) is 10.1 Å². The summed E-state index contributed by atoms with van der Waals surface area (Å²) in [5.41, 5.74) is 1.66. The lowest BCUT2D eigenvalue weighted by Crippen LogP contribution is -2.48. The Labute approximate surface area is 195 Å². The minimum absolute atomic E-state index is 0.0217. The van der Waals surface area contributed by atoms with E-state index in [4.69, 9.17) is 23.2 Å². The monoisotopic (exact) mass is 483 g/mol. The summed E-state index contributed by atoms with van der Waals surface area (Å²) in [5, 5.41) is 14.3. The van der Waals surface area contributed by atoms with Crippen LogP contribution in [0.15, 0.2) is 42.5 Å². The van der Waals surface area contributed by atoms with Crippen molar-refractivity contribution in [3.8, 4) is 0 Å². The van der Waals surface area contributed by atoms with Gasteiger partial charge < -0.3 is 10.2 Å². The van der Waals surface area contributed by atoms with Crippen LogP contribution in [-0.2, 0) is 21.9 Å². The minimum atomic E-state index is -0.665. The van der Waals surface area contributed by atoms with Crippen LogP contribution in [0.5, 0.6) is 0 Å². The first-order valence-corrected chi connectivity index (χ1v) is 11.5. The van der Waals surface area contributed by atoms with Gasteiger partial charge in [0.2, 0.25) is 11.8 Å². The van der Waals surface area contributed by atoms with Crippen molar-refractivity contribution in [2.45, 2.75) is 32.2 Å². The van der Waals surface area contributed by atoms with E-state index in [1.54, 1.807) is 37.3 Å². The first-order chi connectivity index (χ1) is 14.7. The first-order valence-electron chi connectivity index (χ1n) is 9.55. The third-order valence-corrected chi connectivity index (χ3v) is 6.22. The van der Waals surface area contributed by atoms with Crippen molar-refractivity contribution in [2.24, 2.45) is 0 Å². The molecule has 0 aliphatic carbocycles. The molecule has 0 aliphatic rings. The zero-order chi connectivity index (χ0) is 23.0. The van der Waals surface area contributed by atoms with Crippen molar-refractivity contribution >= 4 is 52.5 Å². The third kappa shape index (κ3) is 7.41. The van der Waals surface area contributed by atoms with E-state index >= 15 is 0 Å². The van der Waals surface area contributed by atoms with Gasteiger partial charge in [0.1, 0.15) is 6.04 Å². The highest BCUT2D eigenvalue weighted by Crippen LogP contribution is 2.24. The van der Waals surface area contributed by atoms with Gasteiger partial charge in [0, 0.05) is 31.0 Å². The number of halogens is 2. The molecule has 2 rings (SSSR count). The summed E-state index contributed by atoms with van der Waals surface area (Å²) in [6.07, 6.45) is 0. The molecule has 0 fully saturated rings. The van der Waals surface area contributed by atoms with Crippen LogP contribution in [0.3, 0.4) is 0 Å². The highest BCUT2D eigenvalue weighted by atomic mass is 35.5. The zero-order valence-electron chi connectivity index (χ0n) is 17.1. The predicted molar refractivity (Wildman–Crippen MR) is 124 cm³/mol. The van der Waals surface area contributed by atoms with Gasteiger partial charge in [0.05, 0.1) is 20.7 Å². The topological polar surface area (TPSA) is 92.6 Å². The number of likely N-dealkylation sites (N-methyl/N-ethyl adjacent to an activating group) is 1. The van der Waals surface area contributed by atoms with E-state index < -0.39 is 11.0 Å². The van der Waals surface area contributed by atoms with E-state index in [1.165, 1.54) is 28.8 Å². The standard InChI is InChI=1S/C21H23Cl2N3O4S/c1-3-24-21(28)14(2)25(11-16-6-9-18(22)19(23)10-16)20(27)13-31-12-15-4-7-17(8-5-15)26(29)30/h4-10,14H,3,11-13H2,1-2H3,(H,24,28)/t14-/m1/s1. The summed E-state index contributed by atoms with van der Waals surface area (Å²) in [6, 6.07) is 10.6. The second-order valence-corrected chi connectivity index (χ2v) is 8.56. The number of carbonyl (C=O) groups is 2. The zero-order valence-corrected chi connectivity index (χ0v) is 19.5. The molecule has 166 valence electrons. The second kappa shape index (κ2) is 11.9. The summed E-state index contributed by atoms with van der Waals surface area (Å²) < 4.78 is 0. The predicted octanol–water partition coefficient (Wildman–Crippen LogP) is 4.69. The number of hydrogen-bond donors (Lipinski definition) is 1. The lowest BCUT2D eigenvalue weighted by Gasteiger charge is -2.28. The van der Waals surface area contributed by atoms with Crippen LogP contribution in [0.25, 0.3) is 0 Å². The second-order valence-electron chi connectivity index (χ2n) is 6.76. The number of nitro groups is 1. The Morgan fingerprint density at radius 1 is 1.13 bits per heavy atom. The Hall–Kier alpha value is -2.29. The van der Waals surface area contributed by atoms with Crippen molar-refractivity contribution in [3.63, 3.8) is 0 Å². The van der Waals surface area contributed by atoms with E-state index in [0.29, 0.717) is 22.3 Å². The molecule has 1 atom stereocenters.